The minimum absolute atomic E-state index is 0.606. The molecule has 0 saturated carbocycles. The average Bonchev–Trinajstić information content (AvgIpc) is 2.30. The molecule has 2 aromatic rings. The molecule has 0 unspecified atom stereocenters. The number of hydrogen-bond donors (Lipinski definition) is 0. The Kier molecular flexibility index (Phi) is 3.74. The van der Waals surface area contributed by atoms with E-state index in [2.05, 4.69) is 0 Å². The molecule has 0 amide bonds. The van der Waals surface area contributed by atoms with Crippen molar-refractivity contribution in [1.29, 1.82) is 0 Å². The standard InChI is InChI=1S/C15H12Cl2O/c1-9-4-15(10(2)3-12(9)8-18)11-5-13(16)7-14(17)6-11/h3-8H,1-2H3. The van der Waals surface area contributed by atoms with Gasteiger partial charge in [0.15, 0.2) is 0 Å². The molecule has 1 nitrogen and oxygen atoms in total. The smallest absolute Gasteiger partial charge is 0.150 e. The largest absolute Gasteiger partial charge is 0.298 e. The summed E-state index contributed by atoms with van der Waals surface area (Å²) >= 11 is 12.0. The summed E-state index contributed by atoms with van der Waals surface area (Å²) in [7, 11) is 0. The second-order valence-electron chi connectivity index (χ2n) is 4.30. The Balaban J connectivity index is 2.63. The lowest BCUT2D eigenvalue weighted by Gasteiger charge is -2.10. The summed E-state index contributed by atoms with van der Waals surface area (Å²) in [6.07, 6.45) is 0.872. The molecule has 0 radical (unpaired) electrons. The molecular weight excluding hydrogens is 267 g/mol. The van der Waals surface area contributed by atoms with Gasteiger partial charge in [-0.05, 0) is 60.4 Å². The van der Waals surface area contributed by atoms with E-state index < -0.39 is 0 Å². The Hall–Kier alpha value is -1.31. The fourth-order valence-corrected chi connectivity index (χ4v) is 2.51. The Morgan fingerprint density at radius 3 is 2.06 bits per heavy atom. The Morgan fingerprint density at radius 2 is 1.50 bits per heavy atom. The number of aryl methyl sites for hydroxylation is 2. The van der Waals surface area contributed by atoms with E-state index in [-0.39, 0.29) is 0 Å². The monoisotopic (exact) mass is 278 g/mol. The predicted octanol–water partition coefficient (Wildman–Crippen LogP) is 5.09. The van der Waals surface area contributed by atoms with Crippen LogP contribution in [0.1, 0.15) is 21.5 Å². The van der Waals surface area contributed by atoms with Gasteiger partial charge in [0.2, 0.25) is 0 Å². The van der Waals surface area contributed by atoms with Crippen LogP contribution in [0.2, 0.25) is 10.0 Å². The van der Waals surface area contributed by atoms with E-state index in [0.717, 1.165) is 28.5 Å². The number of hydrogen-bond acceptors (Lipinski definition) is 1. The van der Waals surface area contributed by atoms with E-state index in [9.17, 15) is 4.79 Å². The predicted molar refractivity (Wildman–Crippen MR) is 76.8 cm³/mol. The van der Waals surface area contributed by atoms with Gasteiger partial charge >= 0.3 is 0 Å². The van der Waals surface area contributed by atoms with Crippen LogP contribution < -0.4 is 0 Å². The van der Waals surface area contributed by atoms with E-state index in [0.29, 0.717) is 15.6 Å². The van der Waals surface area contributed by atoms with Gasteiger partial charge < -0.3 is 0 Å². The van der Waals surface area contributed by atoms with Gasteiger partial charge in [0, 0.05) is 15.6 Å². The molecule has 0 aliphatic carbocycles. The number of carbonyl (C=O) groups excluding carboxylic acids is 1. The number of benzene rings is 2. The van der Waals surface area contributed by atoms with Crippen LogP contribution in [0.3, 0.4) is 0 Å². The first-order chi connectivity index (χ1) is 8.51. The first-order valence-corrected chi connectivity index (χ1v) is 6.30. The van der Waals surface area contributed by atoms with Crippen molar-refractivity contribution >= 4 is 29.5 Å². The zero-order valence-corrected chi connectivity index (χ0v) is 11.6. The van der Waals surface area contributed by atoms with Gasteiger partial charge in [0.1, 0.15) is 6.29 Å². The summed E-state index contributed by atoms with van der Waals surface area (Å²) in [5.41, 5.74) is 4.69. The van der Waals surface area contributed by atoms with Gasteiger partial charge in [0.05, 0.1) is 0 Å². The normalized spacial score (nSPS) is 10.4. The van der Waals surface area contributed by atoms with Crippen molar-refractivity contribution in [2.45, 2.75) is 13.8 Å². The van der Waals surface area contributed by atoms with Crippen molar-refractivity contribution in [3.63, 3.8) is 0 Å². The van der Waals surface area contributed by atoms with Gasteiger partial charge in [-0.25, -0.2) is 0 Å². The highest BCUT2D eigenvalue weighted by Crippen LogP contribution is 2.30. The van der Waals surface area contributed by atoms with Crippen LogP contribution in [0.15, 0.2) is 30.3 Å². The molecule has 3 heteroatoms. The molecule has 92 valence electrons. The Bertz CT molecular complexity index is 598. The fourth-order valence-electron chi connectivity index (χ4n) is 1.99. The molecule has 2 aromatic carbocycles. The highest BCUT2D eigenvalue weighted by Gasteiger charge is 2.07. The molecule has 0 aromatic heterocycles. The van der Waals surface area contributed by atoms with E-state index in [4.69, 9.17) is 23.2 Å². The maximum absolute atomic E-state index is 10.9. The SMILES string of the molecule is Cc1cc(-c2cc(Cl)cc(Cl)c2)c(C)cc1C=O. The van der Waals surface area contributed by atoms with Crippen LogP contribution in [0.5, 0.6) is 0 Å². The van der Waals surface area contributed by atoms with Gasteiger partial charge in [0.25, 0.3) is 0 Å². The summed E-state index contributed by atoms with van der Waals surface area (Å²) in [4.78, 5) is 10.9. The van der Waals surface area contributed by atoms with Crippen LogP contribution in [0, 0.1) is 13.8 Å². The molecule has 0 aliphatic rings. The van der Waals surface area contributed by atoms with Crippen molar-refractivity contribution in [3.8, 4) is 11.1 Å². The van der Waals surface area contributed by atoms with E-state index in [1.807, 2.05) is 38.1 Å². The second kappa shape index (κ2) is 5.13. The second-order valence-corrected chi connectivity index (χ2v) is 5.17. The molecule has 2 rings (SSSR count). The molecule has 0 N–H and O–H groups in total. The first-order valence-electron chi connectivity index (χ1n) is 5.54. The highest BCUT2D eigenvalue weighted by molar-refractivity contribution is 6.35. The maximum atomic E-state index is 10.9. The zero-order valence-electron chi connectivity index (χ0n) is 10.1. The summed E-state index contributed by atoms with van der Waals surface area (Å²) in [6.45, 7) is 3.88. The van der Waals surface area contributed by atoms with E-state index >= 15 is 0 Å². The summed E-state index contributed by atoms with van der Waals surface area (Å²) < 4.78 is 0. The first kappa shape index (κ1) is 13.1. The van der Waals surface area contributed by atoms with Gasteiger partial charge in [-0.15, -0.1) is 0 Å². The molecule has 18 heavy (non-hydrogen) atoms. The van der Waals surface area contributed by atoms with E-state index in [1.54, 1.807) is 6.07 Å². The lowest BCUT2D eigenvalue weighted by Crippen LogP contribution is -1.92. The van der Waals surface area contributed by atoms with E-state index in [1.165, 1.54) is 0 Å². The highest BCUT2D eigenvalue weighted by atomic mass is 35.5. The van der Waals surface area contributed by atoms with Gasteiger partial charge in [-0.2, -0.15) is 0 Å². The van der Waals surface area contributed by atoms with Crippen LogP contribution >= 0.6 is 23.2 Å². The van der Waals surface area contributed by atoms with Crippen molar-refractivity contribution in [3.05, 3.63) is 57.1 Å². The third kappa shape index (κ3) is 2.58. The summed E-state index contributed by atoms with van der Waals surface area (Å²) in [5, 5.41) is 1.21. The molecule has 0 heterocycles. The minimum Gasteiger partial charge on any atom is -0.298 e. The molecule has 0 saturated heterocycles. The Morgan fingerprint density at radius 1 is 0.889 bits per heavy atom. The average molecular weight is 279 g/mol. The van der Waals surface area contributed by atoms with Gasteiger partial charge in [-0.3, -0.25) is 4.79 Å². The van der Waals surface area contributed by atoms with Crippen molar-refractivity contribution in [1.82, 2.24) is 0 Å². The molecule has 0 fully saturated rings. The zero-order chi connectivity index (χ0) is 13.3. The van der Waals surface area contributed by atoms with Crippen molar-refractivity contribution in [2.75, 3.05) is 0 Å². The quantitative estimate of drug-likeness (QED) is 0.700. The third-order valence-electron chi connectivity index (χ3n) is 2.91. The van der Waals surface area contributed by atoms with Crippen molar-refractivity contribution < 1.29 is 4.79 Å². The van der Waals surface area contributed by atoms with Crippen LogP contribution in [-0.2, 0) is 0 Å². The van der Waals surface area contributed by atoms with Crippen molar-refractivity contribution in [2.24, 2.45) is 0 Å². The van der Waals surface area contributed by atoms with Gasteiger partial charge in [-0.1, -0.05) is 29.3 Å². The lowest BCUT2D eigenvalue weighted by atomic mass is 9.95. The summed E-state index contributed by atoms with van der Waals surface area (Å²) in [5.74, 6) is 0. The summed E-state index contributed by atoms with van der Waals surface area (Å²) in [6, 6.07) is 9.31. The topological polar surface area (TPSA) is 17.1 Å². The molecule has 0 spiro atoms. The molecule has 0 atom stereocenters. The molecule has 0 aliphatic heterocycles. The maximum Gasteiger partial charge on any atom is 0.150 e. The fraction of sp³-hybridized carbons (Fsp3) is 0.133. The minimum atomic E-state index is 0.606. The van der Waals surface area contributed by atoms with Crippen LogP contribution in [-0.4, -0.2) is 6.29 Å². The number of rotatable bonds is 2. The lowest BCUT2D eigenvalue weighted by molar-refractivity contribution is 0.112. The molecular formula is C15H12Cl2O. The Labute approximate surface area is 116 Å². The number of carbonyl (C=O) groups is 1. The number of halogens is 2. The third-order valence-corrected chi connectivity index (χ3v) is 3.35. The molecule has 0 bridgehead atoms. The van der Waals surface area contributed by atoms with Crippen LogP contribution in [0.4, 0.5) is 0 Å². The van der Waals surface area contributed by atoms with Crippen LogP contribution in [0.25, 0.3) is 11.1 Å². The number of aldehydes is 1.